The summed E-state index contributed by atoms with van der Waals surface area (Å²) in [7, 11) is 0. The summed E-state index contributed by atoms with van der Waals surface area (Å²) in [4.78, 5) is 22.5. The minimum atomic E-state index is -0.485. The van der Waals surface area contributed by atoms with Crippen LogP contribution >= 0.6 is 0 Å². The number of aldehydes is 1. The van der Waals surface area contributed by atoms with E-state index in [-0.39, 0.29) is 11.9 Å². The van der Waals surface area contributed by atoms with E-state index >= 15 is 0 Å². The molecule has 1 aromatic carbocycles. The molecular formula is C18H24O4. The normalized spacial score (nSPS) is 21.5. The lowest BCUT2D eigenvalue weighted by Gasteiger charge is -2.40. The summed E-state index contributed by atoms with van der Waals surface area (Å²) in [5, 5.41) is 0. The molecule has 1 unspecified atom stereocenters. The van der Waals surface area contributed by atoms with E-state index in [2.05, 4.69) is 0 Å². The van der Waals surface area contributed by atoms with Crippen LogP contribution in [0.25, 0.3) is 0 Å². The van der Waals surface area contributed by atoms with Crippen LogP contribution in [0.4, 0.5) is 0 Å². The van der Waals surface area contributed by atoms with Gasteiger partial charge >= 0.3 is 5.97 Å². The molecule has 1 heterocycles. The predicted octanol–water partition coefficient (Wildman–Crippen LogP) is 3.46. The first kappa shape index (κ1) is 16.5. The molecule has 1 aliphatic rings. The van der Waals surface area contributed by atoms with Crippen molar-refractivity contribution in [2.45, 2.75) is 60.0 Å². The van der Waals surface area contributed by atoms with Crippen LogP contribution < -0.4 is 9.47 Å². The van der Waals surface area contributed by atoms with Crippen LogP contribution in [0.3, 0.4) is 0 Å². The lowest BCUT2D eigenvalue weighted by atomic mass is 9.81. The molecule has 0 spiro atoms. The first-order chi connectivity index (χ1) is 10.2. The maximum atomic E-state index is 11.3. The third-order valence-corrected chi connectivity index (χ3v) is 4.93. The van der Waals surface area contributed by atoms with Crippen molar-refractivity contribution in [2.24, 2.45) is 5.92 Å². The Labute approximate surface area is 131 Å². The Morgan fingerprint density at radius 2 is 1.91 bits per heavy atom. The molecule has 2 atom stereocenters. The molecule has 4 heteroatoms. The third-order valence-electron chi connectivity index (χ3n) is 4.93. The van der Waals surface area contributed by atoms with E-state index in [1.807, 2.05) is 34.6 Å². The number of ether oxygens (including phenoxy) is 2. The lowest BCUT2D eigenvalue weighted by Crippen LogP contribution is -2.43. The van der Waals surface area contributed by atoms with Gasteiger partial charge in [0.05, 0.1) is 5.92 Å². The molecule has 0 bridgehead atoms. The van der Waals surface area contributed by atoms with Gasteiger partial charge in [0.1, 0.15) is 23.4 Å². The average molecular weight is 304 g/mol. The molecule has 0 saturated heterocycles. The highest BCUT2D eigenvalue weighted by molar-refractivity contribution is 5.72. The van der Waals surface area contributed by atoms with Crippen molar-refractivity contribution < 1.29 is 19.1 Å². The molecule has 0 fully saturated rings. The van der Waals surface area contributed by atoms with E-state index in [0.29, 0.717) is 5.75 Å². The van der Waals surface area contributed by atoms with Crippen molar-refractivity contribution in [3.8, 4) is 11.5 Å². The molecule has 1 aromatic rings. The second-order valence-electron chi connectivity index (χ2n) is 6.44. The zero-order valence-electron chi connectivity index (χ0n) is 14.2. The minimum Gasteiger partial charge on any atom is -0.486 e. The summed E-state index contributed by atoms with van der Waals surface area (Å²) in [5.74, 6) is 0.989. The lowest BCUT2D eigenvalue weighted by molar-refractivity contribution is -0.132. The molecule has 0 N–H and O–H groups in total. The largest absolute Gasteiger partial charge is 0.486 e. The third kappa shape index (κ3) is 2.62. The predicted molar refractivity (Wildman–Crippen MR) is 84.5 cm³/mol. The van der Waals surface area contributed by atoms with Crippen molar-refractivity contribution >= 4 is 12.3 Å². The summed E-state index contributed by atoms with van der Waals surface area (Å²) < 4.78 is 11.6. The highest BCUT2D eigenvalue weighted by Gasteiger charge is 2.39. The molecule has 0 aliphatic carbocycles. The topological polar surface area (TPSA) is 52.6 Å². The molecule has 0 amide bonds. The summed E-state index contributed by atoms with van der Waals surface area (Å²) in [6.07, 6.45) is 2.53. The Bertz CT molecular complexity index is 633. The Balaban J connectivity index is 2.55. The second kappa shape index (κ2) is 5.75. The fraction of sp³-hybridized carbons (Fsp3) is 0.556. The Morgan fingerprint density at radius 1 is 1.27 bits per heavy atom. The first-order valence-electron chi connectivity index (χ1n) is 7.66. The minimum absolute atomic E-state index is 0.172. The van der Waals surface area contributed by atoms with Gasteiger partial charge in [0.2, 0.25) is 0 Å². The number of fused-ring (bicyclic) bond motifs is 1. The molecule has 0 aromatic heterocycles. The standard InChI is InChI=1S/C18H24O4/c1-10(9-19)18(6)8-7-15-13(4)16(21-14(5)20)11(2)12(3)17(15)22-18/h9-10H,7-8H2,1-6H3/t10-,18?/m1/s1. The highest BCUT2D eigenvalue weighted by Crippen LogP contribution is 2.45. The van der Waals surface area contributed by atoms with Gasteiger partial charge in [0.15, 0.2) is 0 Å². The van der Waals surface area contributed by atoms with Crippen molar-refractivity contribution in [1.29, 1.82) is 0 Å². The van der Waals surface area contributed by atoms with Crippen LogP contribution in [0.2, 0.25) is 0 Å². The van der Waals surface area contributed by atoms with Gasteiger partial charge in [-0.15, -0.1) is 0 Å². The van der Waals surface area contributed by atoms with Crippen LogP contribution in [0.15, 0.2) is 0 Å². The summed E-state index contributed by atoms with van der Waals surface area (Å²) in [6, 6.07) is 0. The molecule has 120 valence electrons. The first-order valence-corrected chi connectivity index (χ1v) is 7.66. The van der Waals surface area contributed by atoms with Crippen LogP contribution in [-0.4, -0.2) is 17.9 Å². The fourth-order valence-corrected chi connectivity index (χ4v) is 3.01. The molecule has 2 rings (SSSR count). The Morgan fingerprint density at radius 3 is 2.45 bits per heavy atom. The van der Waals surface area contributed by atoms with Crippen LogP contribution in [-0.2, 0) is 16.0 Å². The van der Waals surface area contributed by atoms with E-state index in [9.17, 15) is 9.59 Å². The maximum absolute atomic E-state index is 11.3. The van der Waals surface area contributed by atoms with Gasteiger partial charge in [0, 0.05) is 12.5 Å². The zero-order chi connectivity index (χ0) is 16.7. The number of carbonyl (C=O) groups is 2. The van der Waals surface area contributed by atoms with Crippen molar-refractivity contribution in [3.05, 3.63) is 22.3 Å². The molecule has 4 nitrogen and oxygen atoms in total. The van der Waals surface area contributed by atoms with Crippen LogP contribution in [0.1, 0.15) is 49.4 Å². The molecule has 0 radical (unpaired) electrons. The summed E-state index contributed by atoms with van der Waals surface area (Å²) in [6.45, 7) is 11.1. The van der Waals surface area contributed by atoms with Gasteiger partial charge in [-0.25, -0.2) is 0 Å². The van der Waals surface area contributed by atoms with E-state index in [0.717, 1.165) is 47.1 Å². The van der Waals surface area contributed by atoms with Crippen molar-refractivity contribution in [1.82, 2.24) is 0 Å². The average Bonchev–Trinajstić information content (AvgIpc) is 2.48. The van der Waals surface area contributed by atoms with Gasteiger partial charge < -0.3 is 14.3 Å². The molecular weight excluding hydrogens is 280 g/mol. The van der Waals surface area contributed by atoms with E-state index < -0.39 is 5.60 Å². The smallest absolute Gasteiger partial charge is 0.308 e. The number of hydrogen-bond donors (Lipinski definition) is 0. The van der Waals surface area contributed by atoms with Gasteiger partial charge in [0.25, 0.3) is 0 Å². The highest BCUT2D eigenvalue weighted by atomic mass is 16.5. The van der Waals surface area contributed by atoms with Gasteiger partial charge in [-0.2, -0.15) is 0 Å². The maximum Gasteiger partial charge on any atom is 0.308 e. The monoisotopic (exact) mass is 304 g/mol. The number of esters is 1. The van der Waals surface area contributed by atoms with Gasteiger partial charge in [-0.05, 0) is 57.2 Å². The number of hydrogen-bond acceptors (Lipinski definition) is 4. The van der Waals surface area contributed by atoms with E-state index in [4.69, 9.17) is 9.47 Å². The molecule has 22 heavy (non-hydrogen) atoms. The Hall–Kier alpha value is -1.84. The number of rotatable bonds is 3. The Kier molecular flexibility index (Phi) is 4.32. The van der Waals surface area contributed by atoms with E-state index in [1.165, 1.54) is 6.92 Å². The van der Waals surface area contributed by atoms with Crippen LogP contribution in [0.5, 0.6) is 11.5 Å². The molecule has 1 aliphatic heterocycles. The second-order valence-corrected chi connectivity index (χ2v) is 6.44. The quantitative estimate of drug-likeness (QED) is 0.487. The molecule has 0 saturated carbocycles. The van der Waals surface area contributed by atoms with Gasteiger partial charge in [-0.3, -0.25) is 4.79 Å². The van der Waals surface area contributed by atoms with Gasteiger partial charge in [-0.1, -0.05) is 6.92 Å². The van der Waals surface area contributed by atoms with E-state index in [1.54, 1.807) is 0 Å². The summed E-state index contributed by atoms with van der Waals surface area (Å²) >= 11 is 0. The van der Waals surface area contributed by atoms with Crippen molar-refractivity contribution in [2.75, 3.05) is 0 Å². The fourth-order valence-electron chi connectivity index (χ4n) is 3.01. The van der Waals surface area contributed by atoms with Crippen LogP contribution in [0, 0.1) is 26.7 Å². The summed E-state index contributed by atoms with van der Waals surface area (Å²) in [5.41, 5.74) is 3.43. The van der Waals surface area contributed by atoms with Crippen molar-refractivity contribution in [3.63, 3.8) is 0 Å². The number of benzene rings is 1. The number of carbonyl (C=O) groups excluding carboxylic acids is 2. The SMILES string of the molecule is CC(=O)Oc1c(C)c(C)c2c(c1C)CCC(C)([C@H](C)C=O)O2. The zero-order valence-corrected chi connectivity index (χ0v) is 14.2.